The third kappa shape index (κ3) is 3.10. The van der Waals surface area contributed by atoms with Gasteiger partial charge < -0.3 is 10.8 Å². The van der Waals surface area contributed by atoms with Gasteiger partial charge in [-0.15, -0.1) is 0 Å². The van der Waals surface area contributed by atoms with Crippen LogP contribution in [0.15, 0.2) is 18.2 Å². The van der Waals surface area contributed by atoms with E-state index in [9.17, 15) is 18.3 Å². The summed E-state index contributed by atoms with van der Waals surface area (Å²) in [5, 5.41) is 9.13. The van der Waals surface area contributed by atoms with E-state index in [1.807, 2.05) is 0 Å². The number of rotatable bonds is 3. The van der Waals surface area contributed by atoms with Gasteiger partial charge in [0.05, 0.1) is 16.7 Å². The van der Waals surface area contributed by atoms with Gasteiger partial charge in [-0.1, -0.05) is 17.7 Å². The molecule has 1 aromatic carbocycles. The summed E-state index contributed by atoms with van der Waals surface area (Å²) >= 11 is 5.44. The summed E-state index contributed by atoms with van der Waals surface area (Å²) in [5.41, 5.74) is 4.44. The Morgan fingerprint density at radius 3 is 2.50 bits per heavy atom. The van der Waals surface area contributed by atoms with Crippen LogP contribution in [0.1, 0.15) is 23.7 Å². The number of aliphatic hydroxyl groups is 1. The van der Waals surface area contributed by atoms with Crippen LogP contribution >= 0.6 is 11.6 Å². The first kappa shape index (κ1) is 13.3. The van der Waals surface area contributed by atoms with Crippen molar-refractivity contribution in [3.05, 3.63) is 34.3 Å². The molecule has 6 heteroatoms. The zero-order valence-corrected chi connectivity index (χ0v) is 9.02. The summed E-state index contributed by atoms with van der Waals surface area (Å²) in [6, 6.07) is 3.33. The average molecular weight is 254 g/mol. The first-order chi connectivity index (χ1) is 7.36. The number of benzene rings is 1. The number of hydrogen-bond acceptors (Lipinski definition) is 2. The van der Waals surface area contributed by atoms with Crippen molar-refractivity contribution in [2.75, 3.05) is 6.54 Å². The standard InChI is InChI=1S/C10H11ClF3NO/c11-8-2-1-6(9(16)3-4-15)5-7(8)10(12,13)14/h1-2,5,9,16H,3-4,15H2. The Hall–Kier alpha value is -0.780. The van der Waals surface area contributed by atoms with Gasteiger partial charge in [-0.25, -0.2) is 0 Å². The lowest BCUT2D eigenvalue weighted by Crippen LogP contribution is -2.10. The average Bonchev–Trinajstić information content (AvgIpc) is 2.16. The maximum atomic E-state index is 12.5. The topological polar surface area (TPSA) is 46.2 Å². The fourth-order valence-corrected chi connectivity index (χ4v) is 1.52. The maximum Gasteiger partial charge on any atom is 0.417 e. The molecule has 0 bridgehead atoms. The maximum absolute atomic E-state index is 12.5. The molecule has 0 saturated heterocycles. The summed E-state index contributed by atoms with van der Waals surface area (Å²) in [5.74, 6) is 0. The molecule has 0 aliphatic heterocycles. The Morgan fingerprint density at radius 2 is 2.00 bits per heavy atom. The van der Waals surface area contributed by atoms with Gasteiger partial charge >= 0.3 is 6.18 Å². The van der Waals surface area contributed by atoms with Crippen molar-refractivity contribution >= 4 is 11.6 Å². The van der Waals surface area contributed by atoms with Crippen molar-refractivity contribution in [1.29, 1.82) is 0 Å². The molecule has 0 radical (unpaired) electrons. The normalized spacial score (nSPS) is 13.9. The zero-order chi connectivity index (χ0) is 12.3. The van der Waals surface area contributed by atoms with Crippen LogP contribution in [-0.2, 0) is 6.18 Å². The molecular weight excluding hydrogens is 243 g/mol. The van der Waals surface area contributed by atoms with E-state index < -0.39 is 17.8 Å². The molecule has 1 unspecified atom stereocenters. The quantitative estimate of drug-likeness (QED) is 0.870. The fraction of sp³-hybridized carbons (Fsp3) is 0.400. The van der Waals surface area contributed by atoms with Gasteiger partial charge in [-0.3, -0.25) is 0 Å². The smallest absolute Gasteiger partial charge is 0.388 e. The fourth-order valence-electron chi connectivity index (χ4n) is 1.29. The summed E-state index contributed by atoms with van der Waals surface area (Å²) in [6.07, 6.45) is -5.31. The van der Waals surface area contributed by atoms with Crippen molar-refractivity contribution in [2.24, 2.45) is 5.73 Å². The van der Waals surface area contributed by atoms with E-state index in [-0.39, 0.29) is 23.6 Å². The van der Waals surface area contributed by atoms with Crippen LogP contribution in [0.5, 0.6) is 0 Å². The molecule has 1 rings (SSSR count). The lowest BCUT2D eigenvalue weighted by atomic mass is 10.0. The number of hydrogen-bond donors (Lipinski definition) is 2. The molecule has 2 nitrogen and oxygen atoms in total. The van der Waals surface area contributed by atoms with E-state index in [2.05, 4.69) is 0 Å². The monoisotopic (exact) mass is 253 g/mol. The molecule has 90 valence electrons. The number of aliphatic hydroxyl groups excluding tert-OH is 1. The van der Waals surface area contributed by atoms with E-state index in [0.717, 1.165) is 12.1 Å². The van der Waals surface area contributed by atoms with Gasteiger partial charge in [0.25, 0.3) is 0 Å². The first-order valence-electron chi connectivity index (χ1n) is 4.61. The highest BCUT2D eigenvalue weighted by Crippen LogP contribution is 2.36. The zero-order valence-electron chi connectivity index (χ0n) is 8.26. The van der Waals surface area contributed by atoms with Gasteiger partial charge in [0.1, 0.15) is 0 Å². The van der Waals surface area contributed by atoms with E-state index in [1.165, 1.54) is 6.07 Å². The second kappa shape index (κ2) is 5.03. The molecule has 1 aromatic rings. The van der Waals surface area contributed by atoms with Gasteiger partial charge in [-0.2, -0.15) is 13.2 Å². The van der Waals surface area contributed by atoms with Crippen LogP contribution in [-0.4, -0.2) is 11.7 Å². The molecule has 0 aromatic heterocycles. The van der Waals surface area contributed by atoms with Gasteiger partial charge in [-0.05, 0) is 30.7 Å². The van der Waals surface area contributed by atoms with Crippen LogP contribution < -0.4 is 5.73 Å². The third-order valence-corrected chi connectivity index (χ3v) is 2.45. The van der Waals surface area contributed by atoms with E-state index in [4.69, 9.17) is 17.3 Å². The summed E-state index contributed by atoms with van der Waals surface area (Å²) in [7, 11) is 0. The Balaban J connectivity index is 3.07. The molecule has 16 heavy (non-hydrogen) atoms. The largest absolute Gasteiger partial charge is 0.417 e. The molecule has 0 fully saturated rings. The Labute approximate surface area is 95.8 Å². The van der Waals surface area contributed by atoms with Crippen LogP contribution in [0, 0.1) is 0 Å². The molecular formula is C10H11ClF3NO. The van der Waals surface area contributed by atoms with Gasteiger partial charge in [0, 0.05) is 0 Å². The predicted molar refractivity (Wildman–Crippen MR) is 55.1 cm³/mol. The minimum absolute atomic E-state index is 0.169. The molecule has 0 heterocycles. The molecule has 0 spiro atoms. The minimum Gasteiger partial charge on any atom is -0.388 e. The molecule has 0 saturated carbocycles. The van der Waals surface area contributed by atoms with Crippen LogP contribution in [0.4, 0.5) is 13.2 Å². The highest BCUT2D eigenvalue weighted by Gasteiger charge is 2.33. The van der Waals surface area contributed by atoms with Crippen LogP contribution in [0.3, 0.4) is 0 Å². The molecule has 0 aliphatic rings. The summed E-state index contributed by atoms with van der Waals surface area (Å²) in [4.78, 5) is 0. The predicted octanol–water partition coefficient (Wildman–Crippen LogP) is 2.74. The highest BCUT2D eigenvalue weighted by atomic mass is 35.5. The van der Waals surface area contributed by atoms with Crippen LogP contribution in [0.2, 0.25) is 5.02 Å². The van der Waals surface area contributed by atoms with E-state index in [0.29, 0.717) is 0 Å². The second-order valence-corrected chi connectivity index (χ2v) is 3.74. The Kier molecular flexibility index (Phi) is 4.18. The van der Waals surface area contributed by atoms with Crippen LogP contribution in [0.25, 0.3) is 0 Å². The minimum atomic E-state index is -4.52. The Morgan fingerprint density at radius 1 is 1.38 bits per heavy atom. The highest BCUT2D eigenvalue weighted by molar-refractivity contribution is 6.31. The molecule has 0 amide bonds. The molecule has 3 N–H and O–H groups in total. The van der Waals surface area contributed by atoms with Crippen molar-refractivity contribution in [3.8, 4) is 0 Å². The molecule has 1 atom stereocenters. The summed E-state index contributed by atoms with van der Waals surface area (Å²) in [6.45, 7) is 0.200. The second-order valence-electron chi connectivity index (χ2n) is 3.33. The number of alkyl halides is 3. The van der Waals surface area contributed by atoms with Crippen molar-refractivity contribution < 1.29 is 18.3 Å². The van der Waals surface area contributed by atoms with E-state index in [1.54, 1.807) is 0 Å². The lowest BCUT2D eigenvalue weighted by Gasteiger charge is -2.14. The lowest BCUT2D eigenvalue weighted by molar-refractivity contribution is -0.137. The molecule has 0 aliphatic carbocycles. The van der Waals surface area contributed by atoms with Crippen molar-refractivity contribution in [1.82, 2.24) is 0 Å². The number of nitrogens with two attached hydrogens (primary N) is 1. The van der Waals surface area contributed by atoms with E-state index >= 15 is 0 Å². The van der Waals surface area contributed by atoms with Crippen molar-refractivity contribution in [3.63, 3.8) is 0 Å². The first-order valence-corrected chi connectivity index (χ1v) is 4.99. The Bertz CT molecular complexity index is 368. The third-order valence-electron chi connectivity index (χ3n) is 2.12. The van der Waals surface area contributed by atoms with Gasteiger partial charge in [0.15, 0.2) is 0 Å². The van der Waals surface area contributed by atoms with Crippen molar-refractivity contribution in [2.45, 2.75) is 18.7 Å². The summed E-state index contributed by atoms with van der Waals surface area (Å²) < 4.78 is 37.5. The van der Waals surface area contributed by atoms with Gasteiger partial charge in [0.2, 0.25) is 0 Å². The number of halogens is 4. The SMILES string of the molecule is NCCC(O)c1ccc(Cl)c(C(F)(F)F)c1.